The lowest BCUT2D eigenvalue weighted by Gasteiger charge is -2.58. The minimum Gasteiger partial charge on any atom is -0.619 e. The van der Waals surface area contributed by atoms with E-state index in [9.17, 15) is 15.1 Å². The lowest BCUT2D eigenvalue weighted by atomic mass is 9.52. The van der Waals surface area contributed by atoms with Gasteiger partial charge >= 0.3 is 0 Å². The summed E-state index contributed by atoms with van der Waals surface area (Å²) in [6.07, 6.45) is 11.0. The third kappa shape index (κ3) is 2.37. The molecule has 1 amide bonds. The Balaban J connectivity index is 1.22. The van der Waals surface area contributed by atoms with Crippen LogP contribution < -0.4 is 10.0 Å². The van der Waals surface area contributed by atoms with Crippen LogP contribution in [0.25, 0.3) is 5.82 Å². The molecule has 8 nitrogen and oxygen atoms in total. The predicted molar refractivity (Wildman–Crippen MR) is 105 cm³/mol. The van der Waals surface area contributed by atoms with Crippen LogP contribution in [0.5, 0.6) is 0 Å². The number of hydrogen-bond acceptors (Lipinski definition) is 5. The van der Waals surface area contributed by atoms with Gasteiger partial charge in [0.15, 0.2) is 11.9 Å². The van der Waals surface area contributed by atoms with Crippen molar-refractivity contribution in [1.82, 2.24) is 20.1 Å². The van der Waals surface area contributed by atoms with Crippen molar-refractivity contribution in [2.24, 2.45) is 23.7 Å². The number of aliphatic hydroxyl groups is 1. The van der Waals surface area contributed by atoms with Gasteiger partial charge in [-0.3, -0.25) is 4.79 Å². The van der Waals surface area contributed by atoms with Crippen LogP contribution in [0.2, 0.25) is 0 Å². The minimum absolute atomic E-state index is 0.110. The van der Waals surface area contributed by atoms with E-state index >= 15 is 0 Å². The Morgan fingerprint density at radius 2 is 2.03 bits per heavy atom. The molecule has 4 bridgehead atoms. The van der Waals surface area contributed by atoms with Gasteiger partial charge in [0.2, 0.25) is 12.0 Å². The summed E-state index contributed by atoms with van der Waals surface area (Å²) < 4.78 is 2.44. The Hall–Kier alpha value is -2.48. The van der Waals surface area contributed by atoms with Crippen molar-refractivity contribution in [3.05, 3.63) is 40.7 Å². The molecule has 0 radical (unpaired) electrons. The van der Waals surface area contributed by atoms with Crippen molar-refractivity contribution in [1.29, 1.82) is 0 Å². The molecule has 2 aromatic rings. The number of nitrogens with zero attached hydrogens (tertiary/aromatic N) is 4. The Morgan fingerprint density at radius 1 is 1.23 bits per heavy atom. The second kappa shape index (κ2) is 5.60. The first-order valence-electron chi connectivity index (χ1n) is 11.2. The van der Waals surface area contributed by atoms with E-state index in [-0.39, 0.29) is 11.9 Å². The van der Waals surface area contributed by atoms with Gasteiger partial charge < -0.3 is 15.6 Å². The Bertz CT molecular complexity index is 1060. The normalized spacial score (nSPS) is 39.6. The number of aromatic nitrogens is 4. The molecule has 2 heterocycles. The van der Waals surface area contributed by atoms with Crippen LogP contribution in [-0.4, -0.2) is 37.4 Å². The average molecular weight is 407 g/mol. The summed E-state index contributed by atoms with van der Waals surface area (Å²) in [5, 5.41) is 30.6. The van der Waals surface area contributed by atoms with Gasteiger partial charge in [0.1, 0.15) is 0 Å². The molecule has 6 aliphatic carbocycles. The molecule has 0 aromatic carbocycles. The SMILES string of the molecule is O=C(NC1[C@@H]2CC3C[C@H]1CC(O)(C3)C2)c1nn(-c2c[n+]([O-])ccn2)c2c1C[C@@H]1C[C@H]21. The van der Waals surface area contributed by atoms with Gasteiger partial charge in [-0.25, -0.2) is 9.67 Å². The van der Waals surface area contributed by atoms with Crippen molar-refractivity contribution >= 4 is 5.91 Å². The summed E-state index contributed by atoms with van der Waals surface area (Å²) in [5.74, 6) is 2.71. The largest absolute Gasteiger partial charge is 0.619 e. The second-order valence-electron chi connectivity index (χ2n) is 10.4. The van der Waals surface area contributed by atoms with Crippen LogP contribution in [-0.2, 0) is 6.42 Å². The molecule has 0 saturated heterocycles. The lowest BCUT2D eigenvalue weighted by molar-refractivity contribution is -0.605. The maximum Gasteiger partial charge on any atom is 0.272 e. The quantitative estimate of drug-likeness (QED) is 0.588. The Labute approximate surface area is 173 Å². The molecule has 8 rings (SSSR count). The van der Waals surface area contributed by atoms with Crippen LogP contribution in [0.1, 0.15) is 66.2 Å². The van der Waals surface area contributed by atoms with Crippen LogP contribution in [0.3, 0.4) is 0 Å². The van der Waals surface area contributed by atoms with Crippen molar-refractivity contribution in [2.75, 3.05) is 0 Å². The summed E-state index contributed by atoms with van der Waals surface area (Å²) in [6, 6.07) is 0.129. The molecule has 6 aliphatic rings. The number of rotatable bonds is 3. The monoisotopic (exact) mass is 407 g/mol. The first kappa shape index (κ1) is 17.2. The van der Waals surface area contributed by atoms with Crippen LogP contribution >= 0.6 is 0 Å². The second-order valence-corrected chi connectivity index (χ2v) is 10.4. The molecule has 2 N–H and O–H groups in total. The van der Waals surface area contributed by atoms with E-state index in [1.54, 1.807) is 4.68 Å². The van der Waals surface area contributed by atoms with E-state index in [4.69, 9.17) is 0 Å². The summed E-state index contributed by atoms with van der Waals surface area (Å²) in [6.45, 7) is 0. The molecule has 0 spiro atoms. The third-order valence-corrected chi connectivity index (χ3v) is 8.40. The van der Waals surface area contributed by atoms with E-state index in [0.717, 1.165) is 60.9 Å². The fourth-order valence-corrected chi connectivity index (χ4v) is 7.38. The van der Waals surface area contributed by atoms with Crippen LogP contribution in [0.4, 0.5) is 0 Å². The van der Waals surface area contributed by atoms with Crippen molar-refractivity contribution in [2.45, 2.75) is 62.5 Å². The molecule has 0 aliphatic heterocycles. The zero-order valence-corrected chi connectivity index (χ0v) is 16.7. The van der Waals surface area contributed by atoms with Gasteiger partial charge in [-0.2, -0.15) is 9.83 Å². The topological polar surface area (TPSA) is 107 Å². The van der Waals surface area contributed by atoms with Gasteiger partial charge in [-0.15, -0.1) is 0 Å². The Morgan fingerprint density at radius 3 is 2.77 bits per heavy atom. The number of hydrogen-bond donors (Lipinski definition) is 2. The number of carbonyl (C=O) groups excluding carboxylic acids is 1. The fraction of sp³-hybridized carbons (Fsp3) is 0.636. The van der Waals surface area contributed by atoms with Crippen molar-refractivity contribution in [3.8, 4) is 5.82 Å². The Kier molecular flexibility index (Phi) is 3.22. The van der Waals surface area contributed by atoms with E-state index in [0.29, 0.717) is 41.1 Å². The lowest BCUT2D eigenvalue weighted by Crippen LogP contribution is -2.61. The molecule has 30 heavy (non-hydrogen) atoms. The highest BCUT2D eigenvalue weighted by atomic mass is 16.5. The van der Waals surface area contributed by atoms with Gasteiger partial charge in [-0.1, -0.05) is 0 Å². The zero-order valence-electron chi connectivity index (χ0n) is 16.7. The molecule has 7 atom stereocenters. The van der Waals surface area contributed by atoms with Crippen LogP contribution in [0.15, 0.2) is 18.6 Å². The fourth-order valence-electron chi connectivity index (χ4n) is 7.38. The highest BCUT2D eigenvalue weighted by Crippen LogP contribution is 2.58. The van der Waals surface area contributed by atoms with Gasteiger partial charge in [0.25, 0.3) is 5.91 Å². The molecule has 8 heteroatoms. The van der Waals surface area contributed by atoms with Gasteiger partial charge in [0, 0.05) is 17.5 Å². The number of carbonyl (C=O) groups is 1. The molecule has 156 valence electrons. The summed E-state index contributed by atoms with van der Waals surface area (Å²) in [4.78, 5) is 17.7. The summed E-state index contributed by atoms with van der Waals surface area (Å²) in [7, 11) is 0. The van der Waals surface area contributed by atoms with E-state index in [1.165, 1.54) is 18.6 Å². The number of nitrogens with one attached hydrogen (secondary N) is 1. The highest BCUT2D eigenvalue weighted by molar-refractivity contribution is 5.94. The first-order valence-corrected chi connectivity index (χ1v) is 11.2. The molecule has 5 saturated carbocycles. The smallest absolute Gasteiger partial charge is 0.272 e. The summed E-state index contributed by atoms with van der Waals surface area (Å²) >= 11 is 0. The third-order valence-electron chi connectivity index (χ3n) is 8.40. The molecular formula is C22H25N5O3. The van der Waals surface area contributed by atoms with E-state index < -0.39 is 5.60 Å². The molecular weight excluding hydrogens is 382 g/mol. The minimum atomic E-state index is -0.505. The van der Waals surface area contributed by atoms with Crippen molar-refractivity contribution in [3.63, 3.8) is 0 Å². The van der Waals surface area contributed by atoms with Gasteiger partial charge in [0.05, 0.1) is 17.5 Å². The van der Waals surface area contributed by atoms with E-state index in [1.807, 2.05) is 0 Å². The number of fused-ring (bicyclic) bond motifs is 3. The van der Waals surface area contributed by atoms with E-state index in [2.05, 4.69) is 15.4 Å². The molecule has 5 fully saturated rings. The predicted octanol–water partition coefficient (Wildman–Crippen LogP) is 1.23. The zero-order chi connectivity index (χ0) is 20.2. The highest BCUT2D eigenvalue weighted by Gasteiger charge is 2.55. The average Bonchev–Trinajstić information content (AvgIpc) is 3.18. The first-order chi connectivity index (χ1) is 14.5. The maximum atomic E-state index is 13.4. The molecule has 3 unspecified atom stereocenters. The van der Waals surface area contributed by atoms with Crippen LogP contribution in [0, 0.1) is 28.9 Å². The summed E-state index contributed by atoms with van der Waals surface area (Å²) in [5.41, 5.74) is 2.07. The van der Waals surface area contributed by atoms with Gasteiger partial charge in [-0.05, 0) is 68.6 Å². The maximum absolute atomic E-state index is 13.4. The standard InChI is InChI=1S/C22H25N5O3/c28-21(24-18-13-3-11-4-14(18)9-22(29,7-11)8-13)19-16-6-12-5-15(12)20(16)27(25-19)17-10-26(30)2-1-23-17/h1-2,10-15,18,29H,3-9H2,(H,24,28)/t11?,12-,13-,14+,15-,18?,22?/m0/s1. The number of amides is 1. The molecule has 2 aromatic heterocycles. The van der Waals surface area contributed by atoms with Crippen molar-refractivity contribution < 1.29 is 14.6 Å².